The smallest absolute Gasteiger partial charge is 0.340 e. The number of carbonyl (C=O) groups excluding carboxylic acids is 1. The number of hydrogen-bond acceptors (Lipinski definition) is 3. The molecule has 1 heterocycles. The molecule has 1 aliphatic rings. The molecule has 5 rings (SSSR count). The molecule has 0 radical (unpaired) electrons. The lowest BCUT2D eigenvalue weighted by Gasteiger charge is -2.14. The third-order valence-corrected chi connectivity index (χ3v) is 6.26. The normalized spacial score (nSPS) is 13.8. The molecule has 4 nitrogen and oxygen atoms in total. The van der Waals surface area contributed by atoms with Crippen molar-refractivity contribution in [3.8, 4) is 11.1 Å². The standard InChI is InChI=1S/C26H26N2O2/c1-3-30-26(29)25-22-13-20(17-11-12-17)21(14-23(22)28(2)24(25)15-27)19-10-6-8-16-7-4-5-9-18(16)19/h4-10,13-14,17H,3,11-12,15,27H2,1-2H3. The number of carbonyl (C=O) groups is 1. The van der Waals surface area contributed by atoms with Crippen LogP contribution in [0.1, 0.15) is 47.3 Å². The van der Waals surface area contributed by atoms with E-state index >= 15 is 0 Å². The summed E-state index contributed by atoms with van der Waals surface area (Å²) < 4.78 is 7.42. The average molecular weight is 399 g/mol. The van der Waals surface area contributed by atoms with E-state index in [4.69, 9.17) is 10.5 Å². The Morgan fingerprint density at radius 1 is 1.07 bits per heavy atom. The molecule has 0 atom stereocenters. The zero-order valence-electron chi connectivity index (χ0n) is 17.4. The van der Waals surface area contributed by atoms with Gasteiger partial charge < -0.3 is 15.0 Å². The molecule has 1 fully saturated rings. The molecule has 1 saturated carbocycles. The third kappa shape index (κ3) is 2.91. The summed E-state index contributed by atoms with van der Waals surface area (Å²) in [5.41, 5.74) is 12.3. The van der Waals surface area contributed by atoms with Gasteiger partial charge in [-0.15, -0.1) is 0 Å². The van der Waals surface area contributed by atoms with Crippen LogP contribution in [0.2, 0.25) is 0 Å². The van der Waals surface area contributed by atoms with Gasteiger partial charge in [0.1, 0.15) is 0 Å². The molecule has 30 heavy (non-hydrogen) atoms. The van der Waals surface area contributed by atoms with E-state index < -0.39 is 0 Å². The van der Waals surface area contributed by atoms with Crippen LogP contribution >= 0.6 is 0 Å². The van der Waals surface area contributed by atoms with Crippen LogP contribution in [0.3, 0.4) is 0 Å². The number of nitrogens with two attached hydrogens (primary N) is 1. The number of ether oxygens (including phenoxy) is 1. The van der Waals surface area contributed by atoms with E-state index in [-0.39, 0.29) is 5.97 Å². The van der Waals surface area contributed by atoms with Crippen molar-refractivity contribution < 1.29 is 9.53 Å². The molecule has 0 saturated heterocycles. The zero-order chi connectivity index (χ0) is 20.8. The average Bonchev–Trinajstić information content (AvgIpc) is 3.57. The first-order chi connectivity index (χ1) is 14.6. The van der Waals surface area contributed by atoms with Crippen molar-refractivity contribution in [3.05, 3.63) is 71.4 Å². The van der Waals surface area contributed by atoms with Crippen LogP contribution in [0.25, 0.3) is 32.8 Å². The number of hydrogen-bond donors (Lipinski definition) is 1. The SMILES string of the molecule is CCOC(=O)c1c(CN)n(C)c2cc(-c3cccc4ccccc34)c(C3CC3)cc12. The van der Waals surface area contributed by atoms with Crippen LogP contribution in [0.4, 0.5) is 0 Å². The minimum Gasteiger partial charge on any atom is -0.462 e. The second kappa shape index (κ2) is 7.29. The minimum atomic E-state index is -0.289. The monoisotopic (exact) mass is 398 g/mol. The summed E-state index contributed by atoms with van der Waals surface area (Å²) in [4.78, 5) is 12.8. The molecule has 0 amide bonds. The molecule has 0 bridgehead atoms. The molecular weight excluding hydrogens is 372 g/mol. The van der Waals surface area contributed by atoms with E-state index in [0.29, 0.717) is 24.6 Å². The highest BCUT2D eigenvalue weighted by molar-refractivity contribution is 6.08. The summed E-state index contributed by atoms with van der Waals surface area (Å²) in [7, 11) is 1.98. The summed E-state index contributed by atoms with van der Waals surface area (Å²) in [6, 6.07) is 19.5. The number of aryl methyl sites for hydroxylation is 1. The maximum Gasteiger partial charge on any atom is 0.340 e. The summed E-state index contributed by atoms with van der Waals surface area (Å²) >= 11 is 0. The number of fused-ring (bicyclic) bond motifs is 2. The second-order valence-corrected chi connectivity index (χ2v) is 8.06. The largest absolute Gasteiger partial charge is 0.462 e. The molecule has 0 aliphatic heterocycles. The number of aromatic nitrogens is 1. The fourth-order valence-corrected chi connectivity index (χ4v) is 4.65. The number of benzene rings is 3. The van der Waals surface area contributed by atoms with Crippen LogP contribution in [-0.4, -0.2) is 17.1 Å². The Morgan fingerprint density at radius 3 is 2.57 bits per heavy atom. The van der Waals surface area contributed by atoms with Gasteiger partial charge in [0.2, 0.25) is 0 Å². The van der Waals surface area contributed by atoms with Crippen molar-refractivity contribution in [2.75, 3.05) is 6.61 Å². The Labute approximate surface area is 176 Å². The van der Waals surface area contributed by atoms with Gasteiger partial charge in [0.15, 0.2) is 0 Å². The molecule has 4 aromatic rings. The lowest BCUT2D eigenvalue weighted by Crippen LogP contribution is -2.12. The zero-order valence-corrected chi connectivity index (χ0v) is 17.4. The van der Waals surface area contributed by atoms with Crippen molar-refractivity contribution in [2.24, 2.45) is 12.8 Å². The van der Waals surface area contributed by atoms with Crippen LogP contribution in [0.5, 0.6) is 0 Å². The molecule has 152 valence electrons. The Hall–Kier alpha value is -3.11. The van der Waals surface area contributed by atoms with Gasteiger partial charge in [-0.25, -0.2) is 4.79 Å². The summed E-state index contributed by atoms with van der Waals surface area (Å²) in [6.07, 6.45) is 2.38. The summed E-state index contributed by atoms with van der Waals surface area (Å²) in [5, 5.41) is 3.43. The fraction of sp³-hybridized carbons (Fsp3) is 0.269. The van der Waals surface area contributed by atoms with E-state index in [1.165, 1.54) is 40.3 Å². The Morgan fingerprint density at radius 2 is 1.83 bits per heavy atom. The summed E-state index contributed by atoms with van der Waals surface area (Å²) in [6.45, 7) is 2.48. The molecule has 3 aromatic carbocycles. The van der Waals surface area contributed by atoms with Crippen molar-refractivity contribution in [3.63, 3.8) is 0 Å². The highest BCUT2D eigenvalue weighted by Crippen LogP contribution is 2.47. The van der Waals surface area contributed by atoms with Gasteiger partial charge in [0.05, 0.1) is 12.2 Å². The Kier molecular flexibility index (Phi) is 4.59. The highest BCUT2D eigenvalue weighted by Gasteiger charge is 2.30. The molecule has 1 aliphatic carbocycles. The molecule has 0 unspecified atom stereocenters. The Balaban J connectivity index is 1.83. The first-order valence-electron chi connectivity index (χ1n) is 10.6. The molecule has 1 aromatic heterocycles. The lowest BCUT2D eigenvalue weighted by molar-refractivity contribution is 0.0527. The van der Waals surface area contributed by atoms with Gasteiger partial charge in [0, 0.05) is 30.2 Å². The molecule has 0 spiro atoms. The van der Waals surface area contributed by atoms with E-state index in [1.54, 1.807) is 0 Å². The van der Waals surface area contributed by atoms with Gasteiger partial charge in [-0.3, -0.25) is 0 Å². The van der Waals surface area contributed by atoms with Gasteiger partial charge in [-0.1, -0.05) is 42.5 Å². The third-order valence-electron chi connectivity index (χ3n) is 6.26. The van der Waals surface area contributed by atoms with E-state index in [0.717, 1.165) is 16.6 Å². The fourth-order valence-electron chi connectivity index (χ4n) is 4.65. The first-order valence-corrected chi connectivity index (χ1v) is 10.6. The van der Waals surface area contributed by atoms with Crippen molar-refractivity contribution in [1.82, 2.24) is 4.57 Å². The van der Waals surface area contributed by atoms with Gasteiger partial charge in [0.25, 0.3) is 0 Å². The minimum absolute atomic E-state index is 0.289. The van der Waals surface area contributed by atoms with Gasteiger partial charge in [-0.05, 0) is 65.3 Å². The molecular formula is C26H26N2O2. The van der Waals surface area contributed by atoms with E-state index in [2.05, 4.69) is 54.6 Å². The van der Waals surface area contributed by atoms with Crippen molar-refractivity contribution >= 4 is 27.6 Å². The quantitative estimate of drug-likeness (QED) is 0.451. The highest BCUT2D eigenvalue weighted by atomic mass is 16.5. The topological polar surface area (TPSA) is 57.2 Å². The van der Waals surface area contributed by atoms with Crippen LogP contribution in [0, 0.1) is 0 Å². The lowest BCUT2D eigenvalue weighted by atomic mass is 9.91. The van der Waals surface area contributed by atoms with Gasteiger partial charge in [-0.2, -0.15) is 0 Å². The van der Waals surface area contributed by atoms with Crippen molar-refractivity contribution in [1.29, 1.82) is 0 Å². The second-order valence-electron chi connectivity index (χ2n) is 8.06. The summed E-state index contributed by atoms with van der Waals surface area (Å²) in [5.74, 6) is 0.253. The van der Waals surface area contributed by atoms with E-state index in [1.807, 2.05) is 18.5 Å². The molecule has 4 heteroatoms. The molecule has 2 N–H and O–H groups in total. The Bertz CT molecular complexity index is 1280. The predicted octanol–water partition coefficient (Wildman–Crippen LogP) is 5.51. The van der Waals surface area contributed by atoms with Crippen molar-refractivity contribution in [2.45, 2.75) is 32.2 Å². The number of esters is 1. The van der Waals surface area contributed by atoms with Crippen LogP contribution < -0.4 is 5.73 Å². The van der Waals surface area contributed by atoms with Crippen LogP contribution in [-0.2, 0) is 18.3 Å². The maximum atomic E-state index is 12.8. The van der Waals surface area contributed by atoms with E-state index in [9.17, 15) is 4.79 Å². The van der Waals surface area contributed by atoms with Gasteiger partial charge >= 0.3 is 5.97 Å². The predicted molar refractivity (Wildman–Crippen MR) is 122 cm³/mol. The number of nitrogens with zero attached hydrogens (tertiary/aromatic N) is 1. The van der Waals surface area contributed by atoms with Crippen LogP contribution in [0.15, 0.2) is 54.6 Å². The number of rotatable bonds is 5. The maximum absolute atomic E-state index is 12.8. The first kappa shape index (κ1) is 18.9.